The minimum atomic E-state index is 1.08. The van der Waals surface area contributed by atoms with Gasteiger partial charge in [0.1, 0.15) is 0 Å². The molecule has 0 fully saturated rings. The fraction of sp³-hybridized carbons (Fsp3) is 1.00. The molecule has 0 N–H and O–H groups in total. The van der Waals surface area contributed by atoms with Crippen molar-refractivity contribution in [1.29, 1.82) is 0 Å². The molecule has 0 aromatic carbocycles. The number of rotatable bonds is 1. The highest BCUT2D eigenvalue weighted by Crippen LogP contribution is 1.96. The van der Waals surface area contributed by atoms with Crippen LogP contribution in [0.5, 0.6) is 0 Å². The van der Waals surface area contributed by atoms with Crippen LogP contribution in [-0.4, -0.2) is 20.5 Å². The van der Waals surface area contributed by atoms with E-state index < -0.39 is 0 Å². The zero-order valence-electron chi connectivity index (χ0n) is 4.28. The maximum Gasteiger partial charge on any atom is 0.00598 e. The maximum absolute atomic E-state index is 2.32. The minimum Gasteiger partial charge on any atom is -0.0665 e. The monoisotopic (exact) mass is 104 g/mol. The molecule has 0 aliphatic rings. The molecule has 0 radical (unpaired) electrons. The fourth-order valence-electron chi connectivity index (χ4n) is 0. The van der Waals surface area contributed by atoms with Crippen LogP contribution in [0.1, 0.15) is 6.92 Å². The van der Waals surface area contributed by atoms with Gasteiger partial charge in [-0.2, -0.15) is 0 Å². The molecule has 0 aliphatic carbocycles. The summed E-state index contributed by atoms with van der Waals surface area (Å²) in [5.41, 5.74) is 1.08. The number of hydrogen-bond acceptors (Lipinski definition) is 0. The Balaban J connectivity index is 2.54. The largest absolute Gasteiger partial charge is 0.0665 e. The summed E-state index contributed by atoms with van der Waals surface area (Å²) in [6.07, 6.45) is 0. The van der Waals surface area contributed by atoms with Gasteiger partial charge in [0, 0.05) is 20.5 Å². The minimum absolute atomic E-state index is 1.08. The molecule has 0 amide bonds. The van der Waals surface area contributed by atoms with Crippen LogP contribution in [0.25, 0.3) is 0 Å². The first-order valence-corrected chi connectivity index (χ1v) is 4.84. The lowest BCUT2D eigenvalue weighted by Crippen LogP contribution is -1.79. The van der Waals surface area contributed by atoms with E-state index in [0.29, 0.717) is 0 Å². The standard InChI is InChI=1S/C3H12Si2/c1-3(5)2-4/h3H,2H2,1,4-5H3. The van der Waals surface area contributed by atoms with Gasteiger partial charge in [0.25, 0.3) is 0 Å². The van der Waals surface area contributed by atoms with Crippen LogP contribution in [-0.2, 0) is 0 Å². The van der Waals surface area contributed by atoms with Crippen molar-refractivity contribution >= 4 is 20.5 Å². The molecule has 5 heavy (non-hydrogen) atoms. The molecule has 0 heterocycles. The van der Waals surface area contributed by atoms with E-state index in [1.54, 1.807) is 0 Å². The van der Waals surface area contributed by atoms with Crippen molar-refractivity contribution in [3.63, 3.8) is 0 Å². The Morgan fingerprint density at radius 1 is 1.80 bits per heavy atom. The van der Waals surface area contributed by atoms with E-state index >= 15 is 0 Å². The summed E-state index contributed by atoms with van der Waals surface area (Å²) in [6.45, 7) is 2.32. The second kappa shape index (κ2) is 2.66. The SMILES string of the molecule is CC([SiH3])C[SiH3]. The summed E-state index contributed by atoms with van der Waals surface area (Å²) in [5.74, 6) is 0. The van der Waals surface area contributed by atoms with Crippen LogP contribution < -0.4 is 0 Å². The second-order valence-electron chi connectivity index (χ2n) is 1.80. The molecule has 0 aliphatic heterocycles. The number of hydrogen-bond donors (Lipinski definition) is 0. The predicted octanol–water partition coefficient (Wildman–Crippen LogP) is -1.06. The molecular weight excluding hydrogens is 92.2 g/mol. The third kappa shape index (κ3) is 4.43. The van der Waals surface area contributed by atoms with Crippen LogP contribution in [0.15, 0.2) is 0 Å². The van der Waals surface area contributed by atoms with Crippen LogP contribution in [0.2, 0.25) is 11.6 Å². The van der Waals surface area contributed by atoms with Crippen molar-refractivity contribution in [2.75, 3.05) is 0 Å². The van der Waals surface area contributed by atoms with Crippen LogP contribution in [0, 0.1) is 0 Å². The topological polar surface area (TPSA) is 0 Å². The summed E-state index contributed by atoms with van der Waals surface area (Å²) in [4.78, 5) is 0. The van der Waals surface area contributed by atoms with E-state index in [1.807, 2.05) is 0 Å². The van der Waals surface area contributed by atoms with Crippen molar-refractivity contribution in [2.24, 2.45) is 0 Å². The van der Waals surface area contributed by atoms with Gasteiger partial charge in [-0.25, -0.2) is 0 Å². The predicted molar refractivity (Wildman–Crippen MR) is 34.1 cm³/mol. The summed E-state index contributed by atoms with van der Waals surface area (Å²) in [5, 5.41) is 0. The lowest BCUT2D eigenvalue weighted by molar-refractivity contribution is 1.07. The zero-order valence-corrected chi connectivity index (χ0v) is 8.28. The molecule has 2 heteroatoms. The highest BCUT2D eigenvalue weighted by molar-refractivity contribution is 6.18. The van der Waals surface area contributed by atoms with Crippen molar-refractivity contribution < 1.29 is 0 Å². The molecule has 0 nitrogen and oxygen atoms in total. The van der Waals surface area contributed by atoms with Gasteiger partial charge in [-0.05, 0) is 0 Å². The molecule has 0 aromatic heterocycles. The van der Waals surface area contributed by atoms with Crippen LogP contribution >= 0.6 is 0 Å². The molecule has 1 unspecified atom stereocenters. The molecule has 0 saturated carbocycles. The smallest absolute Gasteiger partial charge is 0.00598 e. The van der Waals surface area contributed by atoms with Gasteiger partial charge in [-0.3, -0.25) is 0 Å². The molecule has 32 valence electrons. The molecular formula is C3H12Si2. The van der Waals surface area contributed by atoms with Crippen molar-refractivity contribution in [3.05, 3.63) is 0 Å². The van der Waals surface area contributed by atoms with E-state index in [1.165, 1.54) is 26.5 Å². The molecule has 0 spiro atoms. The van der Waals surface area contributed by atoms with Gasteiger partial charge >= 0.3 is 0 Å². The Labute approximate surface area is 39.8 Å². The highest BCUT2D eigenvalue weighted by Gasteiger charge is 1.80. The Hall–Kier alpha value is 0.434. The first kappa shape index (κ1) is 5.43. The highest BCUT2D eigenvalue weighted by atomic mass is 28.2. The van der Waals surface area contributed by atoms with E-state index in [0.717, 1.165) is 5.54 Å². The van der Waals surface area contributed by atoms with Gasteiger partial charge in [-0.15, -0.1) is 0 Å². The normalized spacial score (nSPS) is 16.2. The Morgan fingerprint density at radius 2 is 2.00 bits per heavy atom. The van der Waals surface area contributed by atoms with Crippen molar-refractivity contribution in [3.8, 4) is 0 Å². The van der Waals surface area contributed by atoms with E-state index in [9.17, 15) is 0 Å². The van der Waals surface area contributed by atoms with Crippen molar-refractivity contribution in [1.82, 2.24) is 0 Å². The molecule has 0 aromatic rings. The molecule has 0 saturated heterocycles. The van der Waals surface area contributed by atoms with Crippen LogP contribution in [0.3, 0.4) is 0 Å². The summed E-state index contributed by atoms with van der Waals surface area (Å²) in [6, 6.07) is 1.51. The van der Waals surface area contributed by atoms with Gasteiger partial charge in [0.15, 0.2) is 0 Å². The zero-order chi connectivity index (χ0) is 4.28. The maximum atomic E-state index is 2.32. The third-order valence-electron chi connectivity index (χ3n) is 0.816. The Bertz CT molecular complexity index is 18.9. The van der Waals surface area contributed by atoms with Crippen LogP contribution in [0.4, 0.5) is 0 Å². The first-order valence-electron chi connectivity index (χ1n) is 2.27. The molecule has 0 rings (SSSR count). The summed E-state index contributed by atoms with van der Waals surface area (Å²) >= 11 is 0. The lowest BCUT2D eigenvalue weighted by atomic mass is 10.6. The second-order valence-corrected chi connectivity index (χ2v) is 4.59. The summed E-state index contributed by atoms with van der Waals surface area (Å²) in [7, 11) is 2.81. The quantitative estimate of drug-likeness (QED) is 0.372. The van der Waals surface area contributed by atoms with Gasteiger partial charge in [0.05, 0.1) is 0 Å². The average molecular weight is 104 g/mol. The van der Waals surface area contributed by atoms with Gasteiger partial charge < -0.3 is 0 Å². The molecule has 0 bridgehead atoms. The van der Waals surface area contributed by atoms with E-state index in [2.05, 4.69) is 6.92 Å². The van der Waals surface area contributed by atoms with E-state index in [-0.39, 0.29) is 0 Å². The first-order chi connectivity index (χ1) is 2.27. The van der Waals surface area contributed by atoms with Crippen molar-refractivity contribution in [2.45, 2.75) is 18.5 Å². The average Bonchev–Trinajstić information content (AvgIpc) is 1.38. The lowest BCUT2D eigenvalue weighted by Gasteiger charge is -1.90. The Morgan fingerprint density at radius 3 is 2.00 bits per heavy atom. The third-order valence-corrected chi connectivity index (χ3v) is 4.90. The Kier molecular flexibility index (Phi) is 2.89. The van der Waals surface area contributed by atoms with Gasteiger partial charge in [-0.1, -0.05) is 18.5 Å². The van der Waals surface area contributed by atoms with E-state index in [4.69, 9.17) is 0 Å². The van der Waals surface area contributed by atoms with Gasteiger partial charge in [0.2, 0.25) is 0 Å². The fourth-order valence-corrected chi connectivity index (χ4v) is 0. The summed E-state index contributed by atoms with van der Waals surface area (Å²) < 4.78 is 0. The molecule has 1 atom stereocenters.